The van der Waals surface area contributed by atoms with Crippen LogP contribution in [0, 0.1) is 5.82 Å². The van der Waals surface area contributed by atoms with E-state index in [9.17, 15) is 9.50 Å². The summed E-state index contributed by atoms with van der Waals surface area (Å²) in [5, 5.41) is 11.5. The number of hydrogen-bond donors (Lipinski definition) is 2. The monoisotopic (exact) mass is 391 g/mol. The van der Waals surface area contributed by atoms with E-state index >= 15 is 0 Å². The molecule has 2 aromatic rings. The summed E-state index contributed by atoms with van der Waals surface area (Å²) in [6.07, 6.45) is -0.913. The highest BCUT2D eigenvalue weighted by Gasteiger charge is 2.25. The van der Waals surface area contributed by atoms with Crippen molar-refractivity contribution in [1.29, 1.82) is 0 Å². The minimum Gasteiger partial charge on any atom is -0.388 e. The Labute approximate surface area is 140 Å². The van der Waals surface area contributed by atoms with Crippen LogP contribution in [0.15, 0.2) is 40.9 Å². The molecule has 0 saturated carbocycles. The molecule has 0 spiro atoms. The fourth-order valence-electron chi connectivity index (χ4n) is 2.19. The molecular formula is C15H13BrCl2FNO. The number of benzene rings is 2. The first-order valence-corrected chi connectivity index (χ1v) is 7.77. The zero-order chi connectivity index (χ0) is 15.6. The molecule has 0 aliphatic rings. The van der Waals surface area contributed by atoms with Crippen LogP contribution >= 0.6 is 39.1 Å². The lowest BCUT2D eigenvalue weighted by Gasteiger charge is -2.24. The summed E-state index contributed by atoms with van der Waals surface area (Å²) in [5.41, 5.74) is 7.04. The van der Waals surface area contributed by atoms with Crippen molar-refractivity contribution in [2.45, 2.75) is 12.0 Å². The highest BCUT2D eigenvalue weighted by Crippen LogP contribution is 2.37. The van der Waals surface area contributed by atoms with Crippen molar-refractivity contribution in [1.82, 2.24) is 0 Å². The van der Waals surface area contributed by atoms with Gasteiger partial charge < -0.3 is 10.8 Å². The second kappa shape index (κ2) is 7.07. The quantitative estimate of drug-likeness (QED) is 0.793. The SMILES string of the molecule is NCC(c1ccc(Cl)cc1Cl)C(O)c1ccc(F)cc1Br. The largest absolute Gasteiger partial charge is 0.388 e. The van der Waals surface area contributed by atoms with E-state index in [1.54, 1.807) is 18.2 Å². The van der Waals surface area contributed by atoms with Gasteiger partial charge in [0.2, 0.25) is 0 Å². The van der Waals surface area contributed by atoms with Gasteiger partial charge >= 0.3 is 0 Å². The van der Waals surface area contributed by atoms with E-state index in [4.69, 9.17) is 28.9 Å². The van der Waals surface area contributed by atoms with Crippen LogP contribution in [0.1, 0.15) is 23.1 Å². The molecule has 0 amide bonds. The van der Waals surface area contributed by atoms with Gasteiger partial charge in [-0.1, -0.05) is 51.3 Å². The van der Waals surface area contributed by atoms with Crippen LogP contribution in [-0.2, 0) is 0 Å². The predicted octanol–water partition coefficient (Wildman–Crippen LogP) is 4.67. The molecule has 6 heteroatoms. The zero-order valence-corrected chi connectivity index (χ0v) is 14.0. The van der Waals surface area contributed by atoms with E-state index in [0.29, 0.717) is 25.6 Å². The average molecular weight is 393 g/mol. The van der Waals surface area contributed by atoms with Gasteiger partial charge in [0.15, 0.2) is 0 Å². The Kier molecular flexibility index (Phi) is 5.63. The first kappa shape index (κ1) is 16.7. The smallest absolute Gasteiger partial charge is 0.124 e. The lowest BCUT2D eigenvalue weighted by Crippen LogP contribution is -2.21. The lowest BCUT2D eigenvalue weighted by atomic mass is 9.89. The first-order chi connectivity index (χ1) is 9.93. The predicted molar refractivity (Wildman–Crippen MR) is 87.3 cm³/mol. The molecule has 0 aliphatic heterocycles. The summed E-state index contributed by atoms with van der Waals surface area (Å²) in [4.78, 5) is 0. The minimum atomic E-state index is -0.913. The standard InChI is InChI=1S/C15H13BrCl2FNO/c16-13-6-9(19)2-4-11(13)15(21)12(7-20)10-3-1-8(17)5-14(10)18/h1-6,12,15,21H,7,20H2. The molecule has 0 bridgehead atoms. The van der Waals surface area contributed by atoms with Gasteiger partial charge in [-0.2, -0.15) is 0 Å². The maximum absolute atomic E-state index is 13.2. The summed E-state index contributed by atoms with van der Waals surface area (Å²) >= 11 is 15.3. The van der Waals surface area contributed by atoms with Crippen molar-refractivity contribution in [3.05, 3.63) is 67.9 Å². The van der Waals surface area contributed by atoms with E-state index < -0.39 is 12.0 Å². The summed E-state index contributed by atoms with van der Waals surface area (Å²) in [6.45, 7) is 0.187. The molecule has 0 heterocycles. The topological polar surface area (TPSA) is 46.2 Å². The zero-order valence-electron chi connectivity index (χ0n) is 10.9. The molecule has 0 fully saturated rings. The minimum absolute atomic E-state index is 0.187. The third-order valence-corrected chi connectivity index (χ3v) is 4.53. The Hall–Kier alpha value is -0.650. The summed E-state index contributed by atoms with van der Waals surface area (Å²) in [7, 11) is 0. The second-order valence-electron chi connectivity index (χ2n) is 4.62. The van der Waals surface area contributed by atoms with E-state index in [2.05, 4.69) is 15.9 Å². The fraction of sp³-hybridized carbons (Fsp3) is 0.200. The van der Waals surface area contributed by atoms with Crippen LogP contribution in [0.25, 0.3) is 0 Å². The average Bonchev–Trinajstić information content (AvgIpc) is 2.41. The lowest BCUT2D eigenvalue weighted by molar-refractivity contribution is 0.146. The highest BCUT2D eigenvalue weighted by atomic mass is 79.9. The van der Waals surface area contributed by atoms with E-state index in [-0.39, 0.29) is 12.4 Å². The Morgan fingerprint density at radius 3 is 2.38 bits per heavy atom. The number of aliphatic hydroxyl groups is 1. The third-order valence-electron chi connectivity index (χ3n) is 3.28. The van der Waals surface area contributed by atoms with Crippen molar-refractivity contribution in [2.75, 3.05) is 6.54 Å². The summed E-state index contributed by atoms with van der Waals surface area (Å²) in [6, 6.07) is 9.15. The molecule has 21 heavy (non-hydrogen) atoms. The van der Waals surface area contributed by atoms with Gasteiger partial charge in [0.05, 0.1) is 6.10 Å². The fourth-order valence-corrected chi connectivity index (χ4v) is 3.32. The molecule has 112 valence electrons. The van der Waals surface area contributed by atoms with Crippen LogP contribution in [0.2, 0.25) is 10.0 Å². The Balaban J connectivity index is 2.40. The number of hydrogen-bond acceptors (Lipinski definition) is 2. The van der Waals surface area contributed by atoms with Crippen LogP contribution in [-0.4, -0.2) is 11.7 Å². The van der Waals surface area contributed by atoms with E-state index in [1.165, 1.54) is 18.2 Å². The molecule has 2 rings (SSSR count). The Bertz CT molecular complexity index is 654. The van der Waals surface area contributed by atoms with Crippen LogP contribution in [0.3, 0.4) is 0 Å². The van der Waals surface area contributed by atoms with Crippen molar-refractivity contribution in [3.8, 4) is 0 Å². The molecule has 2 aromatic carbocycles. The Morgan fingerprint density at radius 1 is 1.14 bits per heavy atom. The van der Waals surface area contributed by atoms with Gasteiger partial charge in [-0.05, 0) is 35.4 Å². The molecule has 2 unspecified atom stereocenters. The van der Waals surface area contributed by atoms with Crippen LogP contribution in [0.5, 0.6) is 0 Å². The maximum atomic E-state index is 13.2. The second-order valence-corrected chi connectivity index (χ2v) is 6.32. The first-order valence-electron chi connectivity index (χ1n) is 6.22. The molecule has 0 saturated heterocycles. The number of aliphatic hydroxyl groups excluding tert-OH is 1. The van der Waals surface area contributed by atoms with Crippen LogP contribution < -0.4 is 5.73 Å². The van der Waals surface area contributed by atoms with E-state index in [0.717, 1.165) is 0 Å². The van der Waals surface area contributed by atoms with Gasteiger partial charge in [0, 0.05) is 27.0 Å². The van der Waals surface area contributed by atoms with Gasteiger partial charge in [0.1, 0.15) is 5.82 Å². The van der Waals surface area contributed by atoms with Gasteiger partial charge in [0.25, 0.3) is 0 Å². The van der Waals surface area contributed by atoms with Gasteiger partial charge in [-0.25, -0.2) is 4.39 Å². The van der Waals surface area contributed by atoms with Crippen molar-refractivity contribution < 1.29 is 9.50 Å². The van der Waals surface area contributed by atoms with Gasteiger partial charge in [-0.3, -0.25) is 0 Å². The highest BCUT2D eigenvalue weighted by molar-refractivity contribution is 9.10. The normalized spacial score (nSPS) is 14.0. The van der Waals surface area contributed by atoms with Crippen LogP contribution in [0.4, 0.5) is 4.39 Å². The van der Waals surface area contributed by atoms with Gasteiger partial charge in [-0.15, -0.1) is 0 Å². The Morgan fingerprint density at radius 2 is 1.81 bits per heavy atom. The molecule has 2 atom stereocenters. The van der Waals surface area contributed by atoms with Crippen molar-refractivity contribution >= 4 is 39.1 Å². The number of halogens is 4. The molecule has 0 aliphatic carbocycles. The molecule has 2 nitrogen and oxygen atoms in total. The maximum Gasteiger partial charge on any atom is 0.124 e. The molecule has 0 aromatic heterocycles. The van der Waals surface area contributed by atoms with E-state index in [1.807, 2.05) is 0 Å². The molecule has 3 N–H and O–H groups in total. The van der Waals surface area contributed by atoms with Crippen molar-refractivity contribution in [3.63, 3.8) is 0 Å². The van der Waals surface area contributed by atoms with Crippen molar-refractivity contribution in [2.24, 2.45) is 5.73 Å². The summed E-state index contributed by atoms with van der Waals surface area (Å²) in [5.74, 6) is -0.803. The number of nitrogens with two attached hydrogens (primary N) is 1. The summed E-state index contributed by atoms with van der Waals surface area (Å²) < 4.78 is 13.6. The third kappa shape index (κ3) is 3.76. The molecule has 0 radical (unpaired) electrons. The number of rotatable bonds is 4. The molecular weight excluding hydrogens is 380 g/mol.